The average Bonchev–Trinajstić information content (AvgIpc) is 2.73. The molecule has 7 heteroatoms. The van der Waals surface area contributed by atoms with Crippen LogP contribution in [0, 0.1) is 5.92 Å². The summed E-state index contributed by atoms with van der Waals surface area (Å²) >= 11 is 0. The number of nitrogens with two attached hydrogens (primary N) is 1. The minimum Gasteiger partial charge on any atom is -0.324 e. The van der Waals surface area contributed by atoms with Crippen molar-refractivity contribution in [3.05, 3.63) is 11.6 Å². The first kappa shape index (κ1) is 10.6. The molecule has 0 bridgehead atoms. The molecule has 84 valence electrons. The predicted molar refractivity (Wildman–Crippen MR) is 54.7 cm³/mol. The third-order valence-corrected chi connectivity index (χ3v) is 4.41. The lowest BCUT2D eigenvalue weighted by Crippen LogP contribution is -2.08. The highest BCUT2D eigenvalue weighted by atomic mass is 32.2. The zero-order chi connectivity index (χ0) is 10.9. The molecule has 0 spiro atoms. The number of aromatic amines is 1. The van der Waals surface area contributed by atoms with Gasteiger partial charge in [0, 0.05) is 6.42 Å². The largest absolute Gasteiger partial charge is 0.324 e. The Kier molecular flexibility index (Phi) is 2.74. The summed E-state index contributed by atoms with van der Waals surface area (Å²) in [4.78, 5) is 4.15. The molecule has 6 nitrogen and oxygen atoms in total. The molecular weight excluding hydrogens is 216 g/mol. The maximum Gasteiger partial charge on any atom is 0.151 e. The smallest absolute Gasteiger partial charge is 0.151 e. The zero-order valence-electron chi connectivity index (χ0n) is 8.31. The SMILES string of the molecule is NCc1nc(CC2CCS(=O)(=O)C2)n[nH]1. The van der Waals surface area contributed by atoms with E-state index in [9.17, 15) is 8.42 Å². The van der Waals surface area contributed by atoms with Crippen LogP contribution in [0.4, 0.5) is 0 Å². The molecule has 0 aromatic carbocycles. The third kappa shape index (κ3) is 2.54. The van der Waals surface area contributed by atoms with Gasteiger partial charge >= 0.3 is 0 Å². The summed E-state index contributed by atoms with van der Waals surface area (Å²) in [5, 5.41) is 6.70. The summed E-state index contributed by atoms with van der Waals surface area (Å²) < 4.78 is 22.4. The molecule has 3 N–H and O–H groups in total. The standard InChI is InChI=1S/C8H14N4O2S/c9-4-8-10-7(11-12-8)3-6-1-2-15(13,14)5-6/h6H,1-5,9H2,(H,10,11,12). The van der Waals surface area contributed by atoms with Crippen LogP contribution in [0.25, 0.3) is 0 Å². The molecule has 1 unspecified atom stereocenters. The summed E-state index contributed by atoms with van der Waals surface area (Å²) in [6.45, 7) is 0.329. The summed E-state index contributed by atoms with van der Waals surface area (Å²) in [7, 11) is -2.80. The Morgan fingerprint density at radius 2 is 2.33 bits per heavy atom. The first-order valence-electron chi connectivity index (χ1n) is 4.90. The van der Waals surface area contributed by atoms with Gasteiger partial charge in [-0.05, 0) is 12.3 Å². The van der Waals surface area contributed by atoms with Crippen molar-refractivity contribution in [1.82, 2.24) is 15.2 Å². The molecule has 2 rings (SSSR count). The van der Waals surface area contributed by atoms with Crippen molar-refractivity contribution in [2.24, 2.45) is 11.7 Å². The lowest BCUT2D eigenvalue weighted by Gasteiger charge is -2.01. The second-order valence-electron chi connectivity index (χ2n) is 3.88. The van der Waals surface area contributed by atoms with Gasteiger partial charge in [-0.1, -0.05) is 0 Å². The molecular formula is C8H14N4O2S. The van der Waals surface area contributed by atoms with Gasteiger partial charge in [0.25, 0.3) is 0 Å². The van der Waals surface area contributed by atoms with Gasteiger partial charge in [-0.2, -0.15) is 5.10 Å². The van der Waals surface area contributed by atoms with Crippen LogP contribution < -0.4 is 5.73 Å². The van der Waals surface area contributed by atoms with Crippen molar-refractivity contribution in [1.29, 1.82) is 0 Å². The van der Waals surface area contributed by atoms with E-state index in [-0.39, 0.29) is 11.7 Å². The highest BCUT2D eigenvalue weighted by molar-refractivity contribution is 7.91. The number of nitrogens with zero attached hydrogens (tertiary/aromatic N) is 2. The Bertz CT molecular complexity index is 439. The lowest BCUT2D eigenvalue weighted by atomic mass is 10.1. The van der Waals surface area contributed by atoms with Crippen LogP contribution in [0.1, 0.15) is 18.1 Å². The molecule has 1 atom stereocenters. The number of rotatable bonds is 3. The number of hydrogen-bond acceptors (Lipinski definition) is 5. The third-order valence-electron chi connectivity index (χ3n) is 2.57. The number of sulfone groups is 1. The van der Waals surface area contributed by atoms with Gasteiger partial charge in [0.2, 0.25) is 0 Å². The van der Waals surface area contributed by atoms with Crippen molar-refractivity contribution in [3.8, 4) is 0 Å². The quantitative estimate of drug-likeness (QED) is 0.710. The van der Waals surface area contributed by atoms with E-state index in [0.717, 1.165) is 6.42 Å². The van der Waals surface area contributed by atoms with Crippen molar-refractivity contribution in [2.45, 2.75) is 19.4 Å². The summed E-state index contributed by atoms with van der Waals surface area (Å²) in [5.41, 5.74) is 5.38. The van der Waals surface area contributed by atoms with Gasteiger partial charge in [-0.25, -0.2) is 13.4 Å². The van der Waals surface area contributed by atoms with Gasteiger partial charge in [0.15, 0.2) is 15.7 Å². The Morgan fingerprint density at radius 3 is 2.87 bits per heavy atom. The average molecular weight is 230 g/mol. The molecule has 1 fully saturated rings. The molecule has 0 amide bonds. The van der Waals surface area contributed by atoms with Crippen molar-refractivity contribution < 1.29 is 8.42 Å². The molecule has 1 aromatic heterocycles. The van der Waals surface area contributed by atoms with Crippen LogP contribution in [0.3, 0.4) is 0 Å². The highest BCUT2D eigenvalue weighted by Gasteiger charge is 2.28. The topological polar surface area (TPSA) is 102 Å². The molecule has 0 aliphatic carbocycles. The molecule has 0 saturated carbocycles. The molecule has 2 heterocycles. The molecule has 0 radical (unpaired) electrons. The monoisotopic (exact) mass is 230 g/mol. The Hall–Kier alpha value is -0.950. The molecule has 1 aliphatic heterocycles. The predicted octanol–water partition coefficient (Wildman–Crippen LogP) is -0.759. The number of nitrogens with one attached hydrogen (secondary N) is 1. The highest BCUT2D eigenvalue weighted by Crippen LogP contribution is 2.21. The van der Waals surface area contributed by atoms with Crippen LogP contribution in [-0.4, -0.2) is 35.1 Å². The fraction of sp³-hybridized carbons (Fsp3) is 0.750. The van der Waals surface area contributed by atoms with E-state index in [1.165, 1.54) is 0 Å². The first-order chi connectivity index (χ1) is 7.09. The fourth-order valence-electron chi connectivity index (χ4n) is 1.81. The number of H-pyrrole nitrogens is 1. The first-order valence-corrected chi connectivity index (χ1v) is 6.72. The van der Waals surface area contributed by atoms with E-state index in [1.54, 1.807) is 0 Å². The van der Waals surface area contributed by atoms with Gasteiger partial charge in [-0.3, -0.25) is 5.10 Å². The number of hydrogen-bond donors (Lipinski definition) is 2. The second-order valence-corrected chi connectivity index (χ2v) is 6.10. The van der Waals surface area contributed by atoms with E-state index >= 15 is 0 Å². The molecule has 15 heavy (non-hydrogen) atoms. The minimum absolute atomic E-state index is 0.163. The van der Waals surface area contributed by atoms with E-state index in [1.807, 2.05) is 0 Å². The van der Waals surface area contributed by atoms with Crippen LogP contribution in [0.15, 0.2) is 0 Å². The zero-order valence-corrected chi connectivity index (χ0v) is 9.13. The fourth-order valence-corrected chi connectivity index (χ4v) is 3.67. The van der Waals surface area contributed by atoms with E-state index in [2.05, 4.69) is 15.2 Å². The number of aromatic nitrogens is 3. The second kappa shape index (κ2) is 3.90. The molecule has 1 saturated heterocycles. The van der Waals surface area contributed by atoms with Crippen molar-refractivity contribution in [3.63, 3.8) is 0 Å². The lowest BCUT2D eigenvalue weighted by molar-refractivity contribution is 0.570. The van der Waals surface area contributed by atoms with Crippen LogP contribution in [0.5, 0.6) is 0 Å². The normalized spacial score (nSPS) is 24.5. The van der Waals surface area contributed by atoms with E-state index in [0.29, 0.717) is 30.4 Å². The van der Waals surface area contributed by atoms with Gasteiger partial charge in [-0.15, -0.1) is 0 Å². The van der Waals surface area contributed by atoms with Crippen molar-refractivity contribution in [2.75, 3.05) is 11.5 Å². The van der Waals surface area contributed by atoms with Crippen LogP contribution >= 0.6 is 0 Å². The summed E-state index contributed by atoms with van der Waals surface area (Å²) in [5.74, 6) is 2.03. The Labute approximate surface area is 88.2 Å². The van der Waals surface area contributed by atoms with Crippen molar-refractivity contribution >= 4 is 9.84 Å². The summed E-state index contributed by atoms with van der Waals surface area (Å²) in [6, 6.07) is 0. The van der Waals surface area contributed by atoms with Crippen LogP contribution in [-0.2, 0) is 22.8 Å². The Balaban J connectivity index is 1.98. The maximum atomic E-state index is 11.2. The van der Waals surface area contributed by atoms with E-state index < -0.39 is 9.84 Å². The maximum absolute atomic E-state index is 11.2. The van der Waals surface area contributed by atoms with Gasteiger partial charge in [0.1, 0.15) is 5.82 Å². The van der Waals surface area contributed by atoms with Gasteiger partial charge in [0.05, 0.1) is 18.1 Å². The van der Waals surface area contributed by atoms with Crippen LogP contribution in [0.2, 0.25) is 0 Å². The molecule has 1 aromatic rings. The minimum atomic E-state index is -2.80. The van der Waals surface area contributed by atoms with E-state index in [4.69, 9.17) is 5.73 Å². The summed E-state index contributed by atoms with van der Waals surface area (Å²) in [6.07, 6.45) is 1.34. The Morgan fingerprint density at radius 1 is 1.53 bits per heavy atom. The van der Waals surface area contributed by atoms with Gasteiger partial charge < -0.3 is 5.73 Å². The molecule has 1 aliphatic rings.